The molecular formula is C20H16N2O2S. The summed E-state index contributed by atoms with van der Waals surface area (Å²) in [4.78, 5) is 0. The van der Waals surface area contributed by atoms with E-state index in [4.69, 9.17) is 4.42 Å². The number of benzene rings is 3. The summed E-state index contributed by atoms with van der Waals surface area (Å²) in [5, 5.41) is 20.1. The van der Waals surface area contributed by atoms with E-state index >= 15 is 0 Å². The third-order valence-electron chi connectivity index (χ3n) is 3.94. The van der Waals surface area contributed by atoms with E-state index in [2.05, 4.69) is 52.7 Å². The molecule has 0 atom stereocenters. The molecule has 4 rings (SSSR count). The Labute approximate surface area is 149 Å². The van der Waals surface area contributed by atoms with Gasteiger partial charge in [0, 0.05) is 11.3 Å². The summed E-state index contributed by atoms with van der Waals surface area (Å²) >= 11 is 1.75. The Morgan fingerprint density at radius 1 is 0.840 bits per heavy atom. The second-order valence-corrected chi connectivity index (χ2v) is 6.66. The van der Waals surface area contributed by atoms with Crippen LogP contribution in [0.2, 0.25) is 0 Å². The van der Waals surface area contributed by atoms with Crippen LogP contribution in [-0.2, 0) is 11.5 Å². The SMILES string of the molecule is Oc1ccc(-c2nnc(CSCc3cccc4ccccc34)o2)cc1. The highest BCUT2D eigenvalue weighted by Crippen LogP contribution is 2.26. The molecule has 0 aliphatic carbocycles. The van der Waals surface area contributed by atoms with Gasteiger partial charge in [0.2, 0.25) is 11.8 Å². The van der Waals surface area contributed by atoms with Gasteiger partial charge in [0.1, 0.15) is 5.75 Å². The van der Waals surface area contributed by atoms with E-state index in [0.717, 1.165) is 11.3 Å². The maximum absolute atomic E-state index is 9.34. The maximum atomic E-state index is 9.34. The molecule has 4 nitrogen and oxygen atoms in total. The van der Waals surface area contributed by atoms with Gasteiger partial charge in [0.05, 0.1) is 5.75 Å². The zero-order valence-electron chi connectivity index (χ0n) is 13.4. The third-order valence-corrected chi connectivity index (χ3v) is 4.91. The van der Waals surface area contributed by atoms with Crippen LogP contribution in [0.4, 0.5) is 0 Å². The van der Waals surface area contributed by atoms with E-state index in [1.54, 1.807) is 36.0 Å². The van der Waals surface area contributed by atoms with Crippen molar-refractivity contribution >= 4 is 22.5 Å². The van der Waals surface area contributed by atoms with Crippen LogP contribution in [0.5, 0.6) is 5.75 Å². The van der Waals surface area contributed by atoms with Gasteiger partial charge in [-0.1, -0.05) is 42.5 Å². The van der Waals surface area contributed by atoms with E-state index in [1.807, 2.05) is 0 Å². The lowest BCUT2D eigenvalue weighted by Gasteiger charge is -2.05. The van der Waals surface area contributed by atoms with Gasteiger partial charge in [0.25, 0.3) is 0 Å². The van der Waals surface area contributed by atoms with Crippen molar-refractivity contribution in [3.05, 3.63) is 78.2 Å². The number of hydrogen-bond donors (Lipinski definition) is 1. The Balaban J connectivity index is 1.43. The molecule has 0 amide bonds. The number of phenols is 1. The van der Waals surface area contributed by atoms with Crippen molar-refractivity contribution in [3.8, 4) is 17.2 Å². The number of aromatic nitrogens is 2. The molecule has 1 aromatic heterocycles. The second-order valence-electron chi connectivity index (χ2n) is 5.68. The van der Waals surface area contributed by atoms with Crippen LogP contribution in [0.25, 0.3) is 22.2 Å². The summed E-state index contributed by atoms with van der Waals surface area (Å²) in [6.45, 7) is 0. The molecule has 1 N–H and O–H groups in total. The van der Waals surface area contributed by atoms with E-state index in [-0.39, 0.29) is 5.75 Å². The predicted octanol–water partition coefficient (Wildman–Crippen LogP) is 5.03. The molecule has 0 fully saturated rings. The molecule has 0 saturated carbocycles. The zero-order valence-corrected chi connectivity index (χ0v) is 14.2. The summed E-state index contributed by atoms with van der Waals surface area (Å²) in [5.74, 6) is 2.84. The Kier molecular flexibility index (Phi) is 4.39. The summed E-state index contributed by atoms with van der Waals surface area (Å²) in [6, 6.07) is 21.5. The van der Waals surface area contributed by atoms with Crippen LogP contribution >= 0.6 is 11.8 Å². The fourth-order valence-electron chi connectivity index (χ4n) is 2.70. The summed E-state index contributed by atoms with van der Waals surface area (Å²) in [7, 11) is 0. The molecule has 0 bridgehead atoms. The second kappa shape index (κ2) is 6.99. The maximum Gasteiger partial charge on any atom is 0.247 e. The van der Waals surface area contributed by atoms with Crippen LogP contribution in [-0.4, -0.2) is 15.3 Å². The van der Waals surface area contributed by atoms with Crippen molar-refractivity contribution in [1.82, 2.24) is 10.2 Å². The monoisotopic (exact) mass is 348 g/mol. The Morgan fingerprint density at radius 3 is 2.52 bits per heavy atom. The molecule has 0 aliphatic heterocycles. The van der Waals surface area contributed by atoms with Crippen molar-refractivity contribution in [2.45, 2.75) is 11.5 Å². The van der Waals surface area contributed by atoms with E-state index in [0.29, 0.717) is 17.5 Å². The highest BCUT2D eigenvalue weighted by molar-refractivity contribution is 7.97. The number of nitrogens with zero attached hydrogens (tertiary/aromatic N) is 2. The highest BCUT2D eigenvalue weighted by Gasteiger charge is 2.09. The lowest BCUT2D eigenvalue weighted by Crippen LogP contribution is -1.86. The van der Waals surface area contributed by atoms with Gasteiger partial charge in [0.15, 0.2) is 0 Å². The van der Waals surface area contributed by atoms with Crippen molar-refractivity contribution in [3.63, 3.8) is 0 Å². The van der Waals surface area contributed by atoms with Gasteiger partial charge in [-0.2, -0.15) is 0 Å². The van der Waals surface area contributed by atoms with Crippen molar-refractivity contribution in [1.29, 1.82) is 0 Å². The number of phenolic OH excluding ortho intramolecular Hbond substituents is 1. The summed E-state index contributed by atoms with van der Waals surface area (Å²) in [6.07, 6.45) is 0. The van der Waals surface area contributed by atoms with E-state index in [9.17, 15) is 5.11 Å². The fraction of sp³-hybridized carbons (Fsp3) is 0.100. The molecule has 0 radical (unpaired) electrons. The topological polar surface area (TPSA) is 59.2 Å². The molecule has 3 aromatic carbocycles. The van der Waals surface area contributed by atoms with Crippen LogP contribution in [0, 0.1) is 0 Å². The van der Waals surface area contributed by atoms with E-state index < -0.39 is 0 Å². The molecule has 25 heavy (non-hydrogen) atoms. The van der Waals surface area contributed by atoms with Crippen LogP contribution in [0.15, 0.2) is 71.1 Å². The minimum absolute atomic E-state index is 0.217. The molecule has 124 valence electrons. The van der Waals surface area contributed by atoms with Gasteiger partial charge in [-0.05, 0) is 40.6 Å². The minimum atomic E-state index is 0.217. The number of hydrogen-bond acceptors (Lipinski definition) is 5. The third kappa shape index (κ3) is 3.51. The zero-order chi connectivity index (χ0) is 17.1. The number of fused-ring (bicyclic) bond motifs is 1. The van der Waals surface area contributed by atoms with Crippen LogP contribution in [0.1, 0.15) is 11.5 Å². The molecule has 5 heteroatoms. The lowest BCUT2D eigenvalue weighted by molar-refractivity contribution is 0.475. The minimum Gasteiger partial charge on any atom is -0.508 e. The quantitative estimate of drug-likeness (QED) is 0.548. The normalized spacial score (nSPS) is 11.0. The average Bonchev–Trinajstić information content (AvgIpc) is 3.11. The van der Waals surface area contributed by atoms with Gasteiger partial charge < -0.3 is 9.52 Å². The summed E-state index contributed by atoms with van der Waals surface area (Å²) in [5.41, 5.74) is 2.11. The number of rotatable bonds is 5. The lowest BCUT2D eigenvalue weighted by atomic mass is 10.1. The van der Waals surface area contributed by atoms with Crippen molar-refractivity contribution < 1.29 is 9.52 Å². The number of aromatic hydroxyl groups is 1. The first-order chi connectivity index (χ1) is 12.3. The molecule has 0 spiro atoms. The van der Waals surface area contributed by atoms with Gasteiger partial charge in [-0.25, -0.2) is 0 Å². The Morgan fingerprint density at radius 2 is 1.64 bits per heavy atom. The smallest absolute Gasteiger partial charge is 0.247 e. The Hall–Kier alpha value is -2.79. The largest absolute Gasteiger partial charge is 0.508 e. The first-order valence-corrected chi connectivity index (χ1v) is 9.11. The van der Waals surface area contributed by atoms with E-state index in [1.165, 1.54) is 16.3 Å². The first-order valence-electron chi connectivity index (χ1n) is 7.96. The van der Waals surface area contributed by atoms with Crippen molar-refractivity contribution in [2.24, 2.45) is 0 Å². The first kappa shape index (κ1) is 15.7. The number of thioether (sulfide) groups is 1. The van der Waals surface area contributed by atoms with Gasteiger partial charge in [-0.3, -0.25) is 0 Å². The highest BCUT2D eigenvalue weighted by atomic mass is 32.2. The standard InChI is InChI=1S/C20H16N2O2S/c23-17-10-8-15(9-11-17)20-22-21-19(24-20)13-25-12-16-6-3-5-14-4-1-2-7-18(14)16/h1-11,23H,12-13H2. The molecule has 0 unspecified atom stereocenters. The molecule has 1 heterocycles. The molecule has 4 aromatic rings. The summed E-state index contributed by atoms with van der Waals surface area (Å²) < 4.78 is 5.71. The van der Waals surface area contributed by atoms with Gasteiger partial charge in [-0.15, -0.1) is 22.0 Å². The van der Waals surface area contributed by atoms with Crippen LogP contribution in [0.3, 0.4) is 0 Å². The molecule has 0 aliphatic rings. The molecular weight excluding hydrogens is 332 g/mol. The van der Waals surface area contributed by atoms with Gasteiger partial charge >= 0.3 is 0 Å². The molecule has 0 saturated heterocycles. The average molecular weight is 348 g/mol. The fourth-order valence-corrected chi connectivity index (χ4v) is 3.56. The van der Waals surface area contributed by atoms with Crippen LogP contribution < -0.4 is 0 Å². The predicted molar refractivity (Wildman–Crippen MR) is 100 cm³/mol. The Bertz CT molecular complexity index is 991. The van der Waals surface area contributed by atoms with Crippen molar-refractivity contribution in [2.75, 3.05) is 0 Å².